The van der Waals surface area contributed by atoms with Gasteiger partial charge in [0.15, 0.2) is 0 Å². The van der Waals surface area contributed by atoms with Crippen LogP contribution in [0.5, 0.6) is 0 Å². The SMILES string of the molecule is CN1CC[C@H]2CC[C@@H](C(=O)N[C@@H](CCC(N)=O)C(=O)N[C@@H](Cc3ccc(F)cc3)C(=O)N3CCC(CCCC#Cc4cccc5c4CN(C4CCC(=O)NC4=O)C5=O)CC3)N2C(=O)[C@@H](NC(=O)c2cc3cc(C(F)(F)P(=O)(O)O)ccc3s2)C1. The number of amides is 9. The molecule has 0 spiro atoms. The minimum atomic E-state index is -5.88. The number of primary amides is 1. The lowest BCUT2D eigenvalue weighted by atomic mass is 9.91. The van der Waals surface area contributed by atoms with Crippen LogP contribution in [0.15, 0.2) is 66.7 Å². The number of hydrogen-bond acceptors (Lipinski definition) is 12. The summed E-state index contributed by atoms with van der Waals surface area (Å²) in [5, 5.41) is 10.7. The van der Waals surface area contributed by atoms with E-state index in [1.807, 2.05) is 11.0 Å². The molecular weight excluding hydrogens is 1130 g/mol. The highest BCUT2D eigenvalue weighted by molar-refractivity contribution is 7.52. The first-order chi connectivity index (χ1) is 39.9. The molecule has 0 bridgehead atoms. The Kier molecular flexibility index (Phi) is 18.7. The Morgan fingerprint density at radius 3 is 2.38 bits per heavy atom. The zero-order valence-electron chi connectivity index (χ0n) is 46.0. The molecule has 1 unspecified atom stereocenters. The van der Waals surface area contributed by atoms with Gasteiger partial charge in [-0.2, -0.15) is 8.78 Å². The smallest absolute Gasteiger partial charge is 0.370 e. The average molecular weight is 1200 g/mol. The van der Waals surface area contributed by atoms with E-state index in [-0.39, 0.29) is 79.6 Å². The predicted octanol–water partition coefficient (Wildman–Crippen LogP) is 3.76. The molecule has 3 aromatic carbocycles. The number of hydrogen-bond donors (Lipinski definition) is 7. The van der Waals surface area contributed by atoms with Gasteiger partial charge in [0.2, 0.25) is 41.4 Å². The molecule has 4 fully saturated rings. The summed E-state index contributed by atoms with van der Waals surface area (Å²) in [4.78, 5) is 146. The van der Waals surface area contributed by atoms with Crippen LogP contribution in [0, 0.1) is 23.6 Å². The second-order valence-corrected chi connectivity index (χ2v) is 24.9. The summed E-state index contributed by atoms with van der Waals surface area (Å²) in [5.41, 5.74) is 2.57. The van der Waals surface area contributed by atoms with Gasteiger partial charge in [-0.1, -0.05) is 36.1 Å². The van der Waals surface area contributed by atoms with Crippen molar-refractivity contribution in [3.05, 3.63) is 105 Å². The number of carbonyl (C=O) groups excluding carboxylic acids is 9. The summed E-state index contributed by atoms with van der Waals surface area (Å²) < 4.78 is 55.1. The minimum absolute atomic E-state index is 0.0169. The second kappa shape index (κ2) is 25.8. The average Bonchev–Trinajstić information content (AvgIpc) is 2.23. The Bertz CT molecular complexity index is 3380. The third-order valence-corrected chi connectivity index (χ3v) is 18.5. The quantitative estimate of drug-likeness (QED) is 0.0324. The number of likely N-dealkylation sites (N-methyl/N-ethyl adjacent to an activating group) is 1. The zero-order valence-corrected chi connectivity index (χ0v) is 47.7. The number of nitrogens with two attached hydrogens (primary N) is 1. The van der Waals surface area contributed by atoms with Crippen molar-refractivity contribution >= 4 is 82.2 Å². The van der Waals surface area contributed by atoms with E-state index >= 15 is 0 Å². The fraction of sp³-hybridized carbons (Fsp3) is 0.466. The molecule has 26 heteroatoms. The van der Waals surface area contributed by atoms with E-state index in [1.165, 1.54) is 46.2 Å². The van der Waals surface area contributed by atoms with E-state index in [2.05, 4.69) is 33.1 Å². The van der Waals surface area contributed by atoms with E-state index < -0.39 is 102 Å². The molecule has 21 nitrogen and oxygen atoms in total. The maximum Gasteiger partial charge on any atom is 0.399 e. The summed E-state index contributed by atoms with van der Waals surface area (Å²) in [5.74, 6) is 1.02. The number of nitrogens with one attached hydrogen (secondary N) is 4. The number of carbonyl (C=O) groups is 9. The monoisotopic (exact) mass is 1200 g/mol. The van der Waals surface area contributed by atoms with Crippen molar-refractivity contribution in [3.8, 4) is 11.8 Å². The lowest BCUT2D eigenvalue weighted by molar-refractivity contribution is -0.144. The standard InChI is InChI=1S/C58H65F3N9O12PS/c1-67-25-24-39-15-17-46(70(39)57(79)44(32-67)65-54(76)48-30-36-29-37(12-19-47(36)84-48)58(60,61)83(80,81)82)53(75)63-42(16-20-49(62)71)51(73)64-43(28-34-10-13-38(59)14-11-34)56(78)68-26-22-33(23-27-68)6-3-2-4-7-35-8-5-9-40-41(35)31-69(55(40)77)45-18-21-50(72)66-52(45)74/h5,8-14,19,29-30,33,39,42-46H,2-3,6,15-18,20-28,31-32H2,1H3,(H2,62,71)(H,63,75)(H,64,73)(H,65,76)(H,66,72,74)(H2,80,81,82)/t39-,42+,43+,44+,45?,46+/m1/s1. The van der Waals surface area contributed by atoms with Crippen LogP contribution < -0.4 is 27.0 Å². The van der Waals surface area contributed by atoms with Crippen molar-refractivity contribution in [2.24, 2.45) is 11.7 Å². The van der Waals surface area contributed by atoms with Crippen LogP contribution in [0.4, 0.5) is 13.2 Å². The molecule has 0 radical (unpaired) electrons. The molecular formula is C58H65F3N9O12PS. The van der Waals surface area contributed by atoms with Gasteiger partial charge >= 0.3 is 13.3 Å². The molecule has 6 atom stereocenters. The zero-order chi connectivity index (χ0) is 60.2. The number of likely N-dealkylation sites (tertiary alicyclic amines) is 1. The van der Waals surface area contributed by atoms with Crippen molar-refractivity contribution in [2.45, 2.75) is 132 Å². The molecule has 0 aliphatic carbocycles. The molecule has 1 aromatic heterocycles. The molecule has 6 heterocycles. The van der Waals surface area contributed by atoms with E-state index in [4.69, 9.17) is 5.73 Å². The Morgan fingerprint density at radius 2 is 1.67 bits per heavy atom. The number of benzene rings is 3. The van der Waals surface area contributed by atoms with E-state index in [0.29, 0.717) is 73.1 Å². The number of imide groups is 1. The topological polar surface area (TPSA) is 298 Å². The summed E-state index contributed by atoms with van der Waals surface area (Å²) >= 11 is 0.910. The highest BCUT2D eigenvalue weighted by atomic mass is 32.1. The normalized spacial score (nSPS) is 21.3. The Hall–Kier alpha value is -7.49. The molecule has 9 rings (SSSR count). The molecule has 5 aliphatic rings. The third kappa shape index (κ3) is 13.8. The number of piperidine rings is 2. The summed E-state index contributed by atoms with van der Waals surface area (Å²) in [6, 6.07) is 8.85. The number of nitrogens with zero attached hydrogens (tertiary/aromatic N) is 4. The van der Waals surface area contributed by atoms with E-state index in [9.17, 15) is 70.7 Å². The van der Waals surface area contributed by atoms with Crippen molar-refractivity contribution in [2.75, 3.05) is 33.2 Å². The van der Waals surface area contributed by atoms with Crippen LogP contribution in [0.1, 0.15) is 119 Å². The molecule has 446 valence electrons. The van der Waals surface area contributed by atoms with Gasteiger partial charge in [-0.15, -0.1) is 11.3 Å². The summed E-state index contributed by atoms with van der Waals surface area (Å²) in [7, 11) is -4.12. The Balaban J connectivity index is 0.826. The highest BCUT2D eigenvalue weighted by Gasteiger charge is 2.51. The number of thiophene rings is 1. The van der Waals surface area contributed by atoms with Gasteiger partial charge in [-0.05, 0) is 136 Å². The molecule has 5 aliphatic heterocycles. The third-order valence-electron chi connectivity index (χ3n) is 16.4. The van der Waals surface area contributed by atoms with E-state index in [1.54, 1.807) is 24.1 Å². The lowest BCUT2D eigenvalue weighted by Crippen LogP contribution is -2.61. The number of unbranched alkanes of at least 4 members (excludes halogenated alkanes) is 1. The number of fused-ring (bicyclic) bond motifs is 3. The first-order valence-corrected chi connectivity index (χ1v) is 30.4. The van der Waals surface area contributed by atoms with Gasteiger partial charge < -0.3 is 51.1 Å². The minimum Gasteiger partial charge on any atom is -0.370 e. The molecule has 9 amide bonds. The molecule has 0 saturated carbocycles. The second-order valence-electron chi connectivity index (χ2n) is 22.2. The van der Waals surface area contributed by atoms with Crippen molar-refractivity contribution in [3.63, 3.8) is 0 Å². The number of halogens is 3. The van der Waals surface area contributed by atoms with Crippen LogP contribution in [0.25, 0.3) is 10.1 Å². The molecule has 4 aromatic rings. The fourth-order valence-electron chi connectivity index (χ4n) is 11.8. The first kappa shape index (κ1) is 61.1. The summed E-state index contributed by atoms with van der Waals surface area (Å²) in [6.07, 6.45) is 4.29. The van der Waals surface area contributed by atoms with Gasteiger partial charge in [0.25, 0.3) is 11.8 Å². The molecule has 8 N–H and O–H groups in total. The summed E-state index contributed by atoms with van der Waals surface area (Å²) in [6.45, 7) is 1.45. The molecule has 84 heavy (non-hydrogen) atoms. The van der Waals surface area contributed by atoms with E-state index in [0.717, 1.165) is 41.9 Å². The maximum absolute atomic E-state index is 14.6. The van der Waals surface area contributed by atoms with Gasteiger partial charge in [0, 0.05) is 79.3 Å². The first-order valence-electron chi connectivity index (χ1n) is 27.9. The number of rotatable bonds is 18. The molecule has 4 saturated heterocycles. The van der Waals surface area contributed by atoms with Crippen LogP contribution in [0.3, 0.4) is 0 Å². The maximum atomic E-state index is 14.6. The largest absolute Gasteiger partial charge is 0.399 e. The van der Waals surface area contributed by atoms with Gasteiger partial charge in [0.1, 0.15) is 36.0 Å². The highest BCUT2D eigenvalue weighted by Crippen LogP contribution is 2.59. The van der Waals surface area contributed by atoms with Crippen molar-refractivity contribution < 1.29 is 70.7 Å². The van der Waals surface area contributed by atoms with Gasteiger partial charge in [0.05, 0.1) is 4.88 Å². The number of alkyl halides is 2. The Labute approximate surface area is 485 Å². The van der Waals surface area contributed by atoms with Crippen LogP contribution >= 0.6 is 18.9 Å². The van der Waals surface area contributed by atoms with Crippen LogP contribution in [-0.2, 0) is 56.8 Å². The van der Waals surface area contributed by atoms with Gasteiger partial charge in [-0.3, -0.25) is 53.0 Å². The van der Waals surface area contributed by atoms with Crippen LogP contribution in [-0.4, -0.2) is 152 Å². The lowest BCUT2D eigenvalue weighted by Gasteiger charge is -2.38. The fourth-order valence-corrected chi connectivity index (χ4v) is 13.2. The van der Waals surface area contributed by atoms with Crippen molar-refractivity contribution in [1.82, 2.24) is 40.9 Å². The Morgan fingerprint density at radius 1 is 0.917 bits per heavy atom. The van der Waals surface area contributed by atoms with Crippen molar-refractivity contribution in [1.29, 1.82) is 0 Å². The predicted molar refractivity (Wildman–Crippen MR) is 300 cm³/mol. The van der Waals surface area contributed by atoms with Crippen LogP contribution in [0.2, 0.25) is 0 Å². The van der Waals surface area contributed by atoms with Gasteiger partial charge in [-0.25, -0.2) is 4.39 Å².